The van der Waals surface area contributed by atoms with Crippen LogP contribution >= 0.6 is 0 Å². The number of carbonyl (C=O) groups excluding carboxylic acids is 1. The largest absolute Gasteiger partial charge is 0.493 e. The van der Waals surface area contributed by atoms with Gasteiger partial charge in [0.05, 0.1) is 18.1 Å². The summed E-state index contributed by atoms with van der Waals surface area (Å²) in [4.78, 5) is 22.4. The van der Waals surface area contributed by atoms with Gasteiger partial charge in [-0.3, -0.25) is 14.9 Å². The SMILES string of the molecule is COc1cc([N+](=O)[O-])ccc1OCC(=O)c1ccc(C)c(C)c1. The Morgan fingerprint density at radius 2 is 1.83 bits per heavy atom. The fraction of sp³-hybridized carbons (Fsp3) is 0.235. The molecule has 2 rings (SSSR count). The number of aryl methyl sites for hydroxylation is 2. The average molecular weight is 315 g/mol. The second-order valence-corrected chi connectivity index (χ2v) is 5.10. The van der Waals surface area contributed by atoms with Crippen molar-refractivity contribution < 1.29 is 19.2 Å². The molecule has 0 bridgehead atoms. The minimum absolute atomic E-state index is 0.102. The first-order chi connectivity index (χ1) is 10.9. The highest BCUT2D eigenvalue weighted by atomic mass is 16.6. The van der Waals surface area contributed by atoms with Crippen LogP contribution in [0.2, 0.25) is 0 Å². The van der Waals surface area contributed by atoms with Gasteiger partial charge in [-0.25, -0.2) is 0 Å². The zero-order valence-electron chi connectivity index (χ0n) is 13.2. The van der Waals surface area contributed by atoms with Gasteiger partial charge in [0.1, 0.15) is 0 Å². The summed E-state index contributed by atoms with van der Waals surface area (Å²) in [6.07, 6.45) is 0. The molecular formula is C17H17NO5. The maximum absolute atomic E-state index is 12.2. The van der Waals surface area contributed by atoms with Gasteiger partial charge in [-0.1, -0.05) is 12.1 Å². The van der Waals surface area contributed by atoms with Gasteiger partial charge >= 0.3 is 0 Å². The molecule has 23 heavy (non-hydrogen) atoms. The van der Waals surface area contributed by atoms with Crippen molar-refractivity contribution in [1.82, 2.24) is 0 Å². The molecule has 0 heterocycles. The van der Waals surface area contributed by atoms with E-state index in [0.717, 1.165) is 11.1 Å². The summed E-state index contributed by atoms with van der Waals surface area (Å²) in [5.41, 5.74) is 2.60. The smallest absolute Gasteiger partial charge is 0.273 e. The molecule has 6 heteroatoms. The quantitative estimate of drug-likeness (QED) is 0.463. The molecule has 0 aliphatic rings. The maximum Gasteiger partial charge on any atom is 0.273 e. The third-order valence-corrected chi connectivity index (χ3v) is 3.55. The van der Waals surface area contributed by atoms with E-state index in [1.807, 2.05) is 26.0 Å². The second-order valence-electron chi connectivity index (χ2n) is 5.10. The number of hydrogen-bond donors (Lipinski definition) is 0. The number of hydrogen-bond acceptors (Lipinski definition) is 5. The van der Waals surface area contributed by atoms with Crippen molar-refractivity contribution in [3.63, 3.8) is 0 Å². The van der Waals surface area contributed by atoms with Crippen LogP contribution in [0.1, 0.15) is 21.5 Å². The number of non-ortho nitro benzene ring substituents is 1. The first-order valence-electron chi connectivity index (χ1n) is 6.98. The fourth-order valence-electron chi connectivity index (χ4n) is 2.03. The number of nitrogens with zero attached hydrogens (tertiary/aromatic N) is 1. The molecule has 2 aromatic carbocycles. The summed E-state index contributed by atoms with van der Waals surface area (Å²) in [6.45, 7) is 3.74. The average Bonchev–Trinajstić information content (AvgIpc) is 2.54. The van der Waals surface area contributed by atoms with Gasteiger partial charge in [-0.05, 0) is 37.1 Å². The summed E-state index contributed by atoms with van der Waals surface area (Å²) < 4.78 is 10.5. The van der Waals surface area contributed by atoms with Crippen molar-refractivity contribution >= 4 is 11.5 Å². The molecule has 0 aliphatic heterocycles. The maximum atomic E-state index is 12.2. The first-order valence-corrected chi connectivity index (χ1v) is 6.98. The Morgan fingerprint density at radius 1 is 1.09 bits per heavy atom. The van der Waals surface area contributed by atoms with Crippen LogP contribution in [0.25, 0.3) is 0 Å². The van der Waals surface area contributed by atoms with Crippen LogP contribution in [0.15, 0.2) is 36.4 Å². The van der Waals surface area contributed by atoms with Gasteiger partial charge in [0.15, 0.2) is 23.9 Å². The summed E-state index contributed by atoms with van der Waals surface area (Å²) in [7, 11) is 1.39. The molecule has 0 saturated carbocycles. The molecule has 0 aliphatic carbocycles. The van der Waals surface area contributed by atoms with Crippen molar-refractivity contribution in [1.29, 1.82) is 0 Å². The minimum Gasteiger partial charge on any atom is -0.493 e. The number of benzene rings is 2. The number of ketones is 1. The van der Waals surface area contributed by atoms with Gasteiger partial charge in [-0.15, -0.1) is 0 Å². The normalized spacial score (nSPS) is 10.2. The second kappa shape index (κ2) is 6.91. The number of nitro benzene ring substituents is 1. The predicted octanol–water partition coefficient (Wildman–Crippen LogP) is 3.48. The van der Waals surface area contributed by atoms with Gasteiger partial charge in [0, 0.05) is 11.6 Å². The molecule has 0 aromatic heterocycles. The molecule has 6 nitrogen and oxygen atoms in total. The van der Waals surface area contributed by atoms with Gasteiger partial charge in [0.25, 0.3) is 5.69 Å². The number of ether oxygens (including phenoxy) is 2. The lowest BCUT2D eigenvalue weighted by atomic mass is 10.0. The Morgan fingerprint density at radius 3 is 2.43 bits per heavy atom. The van der Waals surface area contributed by atoms with Crippen LogP contribution < -0.4 is 9.47 Å². The fourth-order valence-corrected chi connectivity index (χ4v) is 2.03. The summed E-state index contributed by atoms with van der Waals surface area (Å²) in [5.74, 6) is 0.330. The number of carbonyl (C=O) groups is 1. The summed E-state index contributed by atoms with van der Waals surface area (Å²) in [6, 6.07) is 9.43. The Balaban J connectivity index is 2.12. The Labute approximate surface area is 133 Å². The molecule has 0 unspecified atom stereocenters. The van der Waals surface area contributed by atoms with Crippen molar-refractivity contribution in [2.75, 3.05) is 13.7 Å². The summed E-state index contributed by atoms with van der Waals surface area (Å²) >= 11 is 0. The van der Waals surface area contributed by atoms with Crippen LogP contribution in [-0.2, 0) is 0 Å². The van der Waals surface area contributed by atoms with Crippen LogP contribution in [0.4, 0.5) is 5.69 Å². The Kier molecular flexibility index (Phi) is 4.95. The van der Waals surface area contributed by atoms with E-state index in [4.69, 9.17) is 9.47 Å². The van der Waals surface area contributed by atoms with E-state index in [9.17, 15) is 14.9 Å². The Hall–Kier alpha value is -2.89. The zero-order valence-corrected chi connectivity index (χ0v) is 13.2. The molecule has 0 atom stereocenters. The monoisotopic (exact) mass is 315 g/mol. The van der Waals surface area contributed by atoms with Crippen molar-refractivity contribution in [2.24, 2.45) is 0 Å². The molecule has 0 fully saturated rings. The number of Topliss-reactive ketones (excluding diaryl/α,β-unsaturated/α-hetero) is 1. The minimum atomic E-state index is -0.521. The van der Waals surface area contributed by atoms with Crippen LogP contribution in [0, 0.1) is 24.0 Å². The van der Waals surface area contributed by atoms with Crippen molar-refractivity contribution in [3.05, 3.63) is 63.2 Å². The van der Waals surface area contributed by atoms with E-state index in [1.54, 1.807) is 6.07 Å². The van der Waals surface area contributed by atoms with E-state index in [2.05, 4.69) is 0 Å². The van der Waals surface area contributed by atoms with E-state index < -0.39 is 4.92 Å². The molecule has 0 N–H and O–H groups in total. The highest BCUT2D eigenvalue weighted by Crippen LogP contribution is 2.31. The zero-order chi connectivity index (χ0) is 17.0. The van der Waals surface area contributed by atoms with Crippen LogP contribution in [-0.4, -0.2) is 24.4 Å². The van der Waals surface area contributed by atoms with Gasteiger partial charge < -0.3 is 9.47 Å². The van der Waals surface area contributed by atoms with E-state index in [0.29, 0.717) is 5.56 Å². The van der Waals surface area contributed by atoms with E-state index >= 15 is 0 Å². The molecule has 120 valence electrons. The highest BCUT2D eigenvalue weighted by Gasteiger charge is 2.14. The summed E-state index contributed by atoms with van der Waals surface area (Å²) in [5, 5.41) is 10.7. The lowest BCUT2D eigenvalue weighted by Gasteiger charge is -2.10. The lowest BCUT2D eigenvalue weighted by molar-refractivity contribution is -0.384. The standard InChI is InChI=1S/C17H17NO5/c1-11-4-5-13(8-12(11)2)15(19)10-23-16-7-6-14(18(20)21)9-17(16)22-3/h4-9H,10H2,1-3H3. The lowest BCUT2D eigenvalue weighted by Crippen LogP contribution is -2.12. The highest BCUT2D eigenvalue weighted by molar-refractivity contribution is 5.97. The van der Waals surface area contributed by atoms with Gasteiger partial charge in [0.2, 0.25) is 0 Å². The number of nitro groups is 1. The third kappa shape index (κ3) is 3.85. The predicted molar refractivity (Wildman–Crippen MR) is 85.4 cm³/mol. The molecular weight excluding hydrogens is 298 g/mol. The molecule has 0 amide bonds. The third-order valence-electron chi connectivity index (χ3n) is 3.55. The number of methoxy groups -OCH3 is 1. The van der Waals surface area contributed by atoms with E-state index in [1.165, 1.54) is 25.3 Å². The Bertz CT molecular complexity index is 755. The number of rotatable bonds is 6. The van der Waals surface area contributed by atoms with Crippen molar-refractivity contribution in [3.8, 4) is 11.5 Å². The molecule has 0 spiro atoms. The first kappa shape index (κ1) is 16.5. The van der Waals surface area contributed by atoms with Gasteiger partial charge in [-0.2, -0.15) is 0 Å². The molecule has 0 saturated heterocycles. The van der Waals surface area contributed by atoms with Crippen LogP contribution in [0.3, 0.4) is 0 Å². The van der Waals surface area contributed by atoms with Crippen molar-refractivity contribution in [2.45, 2.75) is 13.8 Å². The van der Waals surface area contributed by atoms with E-state index in [-0.39, 0.29) is 29.6 Å². The van der Waals surface area contributed by atoms with Crippen LogP contribution in [0.5, 0.6) is 11.5 Å². The molecule has 0 radical (unpaired) electrons. The topological polar surface area (TPSA) is 78.7 Å². The molecule has 2 aromatic rings.